The third-order valence-electron chi connectivity index (χ3n) is 3.96. The minimum atomic E-state index is -0.529. The maximum Gasteiger partial charge on any atom is 0.407 e. The zero-order valence-electron chi connectivity index (χ0n) is 22.8. The van der Waals surface area contributed by atoms with Crippen LogP contribution in [0.3, 0.4) is 0 Å². The second kappa shape index (κ2) is 14.9. The van der Waals surface area contributed by atoms with Gasteiger partial charge in [-0.25, -0.2) is 14.4 Å². The number of alkyl carbamates (subject to hydrolysis) is 3. The molecule has 0 aliphatic carbocycles. The summed E-state index contributed by atoms with van der Waals surface area (Å²) in [5.41, 5.74) is -1.59. The van der Waals surface area contributed by atoms with E-state index in [4.69, 9.17) is 14.2 Å². The summed E-state index contributed by atoms with van der Waals surface area (Å²) < 4.78 is 15.7. The van der Waals surface area contributed by atoms with E-state index in [1.54, 1.807) is 0 Å². The molecule has 0 aromatic carbocycles. The van der Waals surface area contributed by atoms with Crippen LogP contribution in [0.15, 0.2) is 0 Å². The maximum atomic E-state index is 11.8. The minimum Gasteiger partial charge on any atom is -0.444 e. The second-order valence-electron chi connectivity index (χ2n) is 11.2. The number of rotatable bonds is 12. The summed E-state index contributed by atoms with van der Waals surface area (Å²) in [7, 11) is 0. The van der Waals surface area contributed by atoms with E-state index in [-0.39, 0.29) is 0 Å². The lowest BCUT2D eigenvalue weighted by Crippen LogP contribution is -2.37. The van der Waals surface area contributed by atoms with E-state index in [0.717, 1.165) is 38.9 Å². The third kappa shape index (κ3) is 21.6. The first-order valence-electron chi connectivity index (χ1n) is 12.1. The van der Waals surface area contributed by atoms with Gasteiger partial charge in [0.2, 0.25) is 0 Å². The number of nitrogens with zero attached hydrogens (tertiary/aromatic N) is 1. The van der Waals surface area contributed by atoms with Gasteiger partial charge in [0, 0.05) is 19.6 Å². The van der Waals surface area contributed by atoms with Crippen molar-refractivity contribution in [2.45, 2.75) is 98.4 Å². The van der Waals surface area contributed by atoms with Gasteiger partial charge >= 0.3 is 18.3 Å². The van der Waals surface area contributed by atoms with Gasteiger partial charge in [0.25, 0.3) is 0 Å². The molecular weight excluding hydrogens is 440 g/mol. The van der Waals surface area contributed by atoms with E-state index >= 15 is 0 Å². The average Bonchev–Trinajstić information content (AvgIpc) is 2.60. The summed E-state index contributed by atoms with van der Waals surface area (Å²) in [6, 6.07) is 0. The zero-order chi connectivity index (χ0) is 26.4. The van der Waals surface area contributed by atoms with E-state index in [1.807, 2.05) is 62.3 Å². The quantitative estimate of drug-likeness (QED) is 0.280. The average molecular weight is 489 g/mol. The molecule has 200 valence electrons. The largest absolute Gasteiger partial charge is 0.444 e. The van der Waals surface area contributed by atoms with Crippen LogP contribution in [0.5, 0.6) is 0 Å². The van der Waals surface area contributed by atoms with Gasteiger partial charge in [0.1, 0.15) is 16.8 Å². The van der Waals surface area contributed by atoms with Gasteiger partial charge in [-0.1, -0.05) is 0 Å². The van der Waals surface area contributed by atoms with E-state index in [2.05, 4.69) is 20.9 Å². The summed E-state index contributed by atoms with van der Waals surface area (Å²) >= 11 is 0. The van der Waals surface area contributed by atoms with Crippen LogP contribution in [-0.4, -0.2) is 79.3 Å². The fourth-order valence-electron chi connectivity index (χ4n) is 2.76. The third-order valence-corrected chi connectivity index (χ3v) is 3.96. The first-order chi connectivity index (χ1) is 15.5. The monoisotopic (exact) mass is 488 g/mol. The van der Waals surface area contributed by atoms with Gasteiger partial charge in [0.05, 0.1) is 0 Å². The molecule has 0 rings (SSSR count). The first-order valence-corrected chi connectivity index (χ1v) is 12.1. The van der Waals surface area contributed by atoms with Gasteiger partial charge in [0.15, 0.2) is 0 Å². The molecule has 0 atom stereocenters. The molecule has 0 fully saturated rings. The zero-order valence-corrected chi connectivity index (χ0v) is 22.8. The van der Waals surface area contributed by atoms with Crippen molar-refractivity contribution in [1.82, 2.24) is 20.9 Å². The molecule has 0 aliphatic heterocycles. The minimum absolute atomic E-state index is 0.429. The Morgan fingerprint density at radius 2 is 0.765 bits per heavy atom. The molecular formula is C24H48N4O6. The fraction of sp³-hybridized carbons (Fsp3) is 0.875. The highest BCUT2D eigenvalue weighted by molar-refractivity contribution is 5.68. The van der Waals surface area contributed by atoms with E-state index in [1.165, 1.54) is 0 Å². The van der Waals surface area contributed by atoms with Gasteiger partial charge in [-0.15, -0.1) is 0 Å². The standard InChI is InChI=1S/C24H48N4O6/c1-22(2,3)32-19(29)25-13-10-16-28(17-11-14-26-20(30)33-23(4,5)6)18-12-15-27-21(31)34-24(7,8)9/h10-18H2,1-9H3,(H,25,29)(H,26,30)(H,27,31). The fourth-order valence-corrected chi connectivity index (χ4v) is 2.76. The maximum absolute atomic E-state index is 11.8. The Labute approximate surface area is 205 Å². The molecule has 0 unspecified atom stereocenters. The molecule has 0 aromatic rings. The molecule has 0 spiro atoms. The van der Waals surface area contributed by atoms with Crippen LogP contribution < -0.4 is 16.0 Å². The number of amides is 3. The lowest BCUT2D eigenvalue weighted by Gasteiger charge is -2.24. The number of carbonyl (C=O) groups excluding carboxylic acids is 3. The smallest absolute Gasteiger partial charge is 0.407 e. The van der Waals surface area contributed by atoms with Gasteiger partial charge in [-0.05, 0) is 101 Å². The Hall–Kier alpha value is -2.23. The molecule has 3 N–H and O–H groups in total. The molecule has 0 heterocycles. The highest BCUT2D eigenvalue weighted by Gasteiger charge is 2.17. The molecule has 0 bridgehead atoms. The number of ether oxygens (including phenoxy) is 3. The van der Waals surface area contributed by atoms with Gasteiger partial charge in [-0.2, -0.15) is 0 Å². The van der Waals surface area contributed by atoms with Crippen molar-refractivity contribution in [2.24, 2.45) is 0 Å². The van der Waals surface area contributed by atoms with Crippen LogP contribution in [-0.2, 0) is 14.2 Å². The number of carbonyl (C=O) groups is 3. The molecule has 3 amide bonds. The lowest BCUT2D eigenvalue weighted by molar-refractivity contribution is 0.0516. The molecule has 0 saturated heterocycles. The second-order valence-corrected chi connectivity index (χ2v) is 11.2. The molecule has 10 heteroatoms. The highest BCUT2D eigenvalue weighted by atomic mass is 16.6. The Morgan fingerprint density at radius 1 is 0.529 bits per heavy atom. The summed E-state index contributed by atoms with van der Waals surface area (Å²) in [6.45, 7) is 20.2. The number of nitrogens with one attached hydrogen (secondary N) is 3. The molecule has 10 nitrogen and oxygen atoms in total. The van der Waals surface area contributed by atoms with Crippen LogP contribution >= 0.6 is 0 Å². The SMILES string of the molecule is CC(C)(C)OC(=O)NCCCN(CCCNC(=O)OC(C)(C)C)CCCNC(=O)OC(C)(C)C. The van der Waals surface area contributed by atoms with Crippen molar-refractivity contribution in [3.8, 4) is 0 Å². The Kier molecular flexibility index (Phi) is 13.9. The normalized spacial score (nSPS) is 12.2. The summed E-state index contributed by atoms with van der Waals surface area (Å²) in [4.78, 5) is 37.6. The van der Waals surface area contributed by atoms with E-state index in [9.17, 15) is 14.4 Å². The van der Waals surface area contributed by atoms with Crippen molar-refractivity contribution < 1.29 is 28.6 Å². The molecule has 0 radical (unpaired) electrons. The summed E-state index contributed by atoms with van der Waals surface area (Å²) in [5, 5.41) is 8.30. The van der Waals surface area contributed by atoms with Crippen LogP contribution in [0.1, 0.15) is 81.6 Å². The van der Waals surface area contributed by atoms with Crippen molar-refractivity contribution >= 4 is 18.3 Å². The first kappa shape index (κ1) is 31.8. The van der Waals surface area contributed by atoms with Crippen molar-refractivity contribution in [1.29, 1.82) is 0 Å². The van der Waals surface area contributed by atoms with E-state index < -0.39 is 35.1 Å². The van der Waals surface area contributed by atoms with Crippen LogP contribution in [0.2, 0.25) is 0 Å². The topological polar surface area (TPSA) is 118 Å². The molecule has 34 heavy (non-hydrogen) atoms. The van der Waals surface area contributed by atoms with E-state index in [0.29, 0.717) is 19.6 Å². The summed E-state index contributed by atoms with van der Waals surface area (Å²) in [6.07, 6.45) is 0.959. The Bertz CT molecular complexity index is 535. The van der Waals surface area contributed by atoms with Gasteiger partial charge < -0.3 is 35.1 Å². The van der Waals surface area contributed by atoms with Crippen molar-refractivity contribution in [2.75, 3.05) is 39.3 Å². The summed E-state index contributed by atoms with van der Waals surface area (Å²) in [5.74, 6) is 0. The predicted molar refractivity (Wildman–Crippen MR) is 133 cm³/mol. The lowest BCUT2D eigenvalue weighted by atomic mass is 10.2. The molecule has 0 aromatic heterocycles. The van der Waals surface area contributed by atoms with Gasteiger partial charge in [-0.3, -0.25) is 0 Å². The van der Waals surface area contributed by atoms with Crippen molar-refractivity contribution in [3.05, 3.63) is 0 Å². The number of hydrogen-bond donors (Lipinski definition) is 3. The predicted octanol–water partition coefficient (Wildman–Crippen LogP) is 4.03. The molecule has 0 aliphatic rings. The van der Waals surface area contributed by atoms with Crippen LogP contribution in [0.4, 0.5) is 14.4 Å². The van der Waals surface area contributed by atoms with Crippen molar-refractivity contribution in [3.63, 3.8) is 0 Å². The number of hydrogen-bond acceptors (Lipinski definition) is 7. The highest BCUT2D eigenvalue weighted by Crippen LogP contribution is 2.08. The molecule has 0 saturated carbocycles. The Balaban J connectivity index is 4.43. The van der Waals surface area contributed by atoms with Crippen LogP contribution in [0.25, 0.3) is 0 Å². The van der Waals surface area contributed by atoms with Crippen LogP contribution in [0, 0.1) is 0 Å². The Morgan fingerprint density at radius 3 is 0.971 bits per heavy atom.